The van der Waals surface area contributed by atoms with E-state index in [1.807, 2.05) is 19.1 Å². The smallest absolute Gasteiger partial charge is 0.416 e. The molecule has 0 saturated carbocycles. The number of rotatable bonds is 5. The van der Waals surface area contributed by atoms with Gasteiger partial charge in [0, 0.05) is 18.0 Å². The number of hydrogen-bond acceptors (Lipinski definition) is 6. The zero-order valence-corrected chi connectivity index (χ0v) is 16.3. The summed E-state index contributed by atoms with van der Waals surface area (Å²) in [6.07, 6.45) is -1.99. The SMILES string of the molecule is CC(Nc1ccc2c(c1)OCCn1cc(N3C(=O)OC[C@H]3C(F)F)nc1-2)C(N)=S. The predicted molar refractivity (Wildman–Crippen MR) is 107 cm³/mol. The third kappa shape index (κ3) is 3.57. The number of amides is 1. The number of fused-ring (bicyclic) bond motifs is 3. The molecule has 3 heterocycles. The lowest BCUT2D eigenvalue weighted by Gasteiger charge is -2.18. The molecule has 1 amide bonds. The summed E-state index contributed by atoms with van der Waals surface area (Å²) in [7, 11) is 0. The third-order valence-electron chi connectivity index (χ3n) is 4.83. The van der Waals surface area contributed by atoms with E-state index in [0.717, 1.165) is 10.6 Å². The molecule has 154 valence electrons. The van der Waals surface area contributed by atoms with E-state index < -0.39 is 18.6 Å². The highest BCUT2D eigenvalue weighted by molar-refractivity contribution is 7.80. The number of cyclic esters (lactones) is 1. The monoisotopic (exact) mass is 423 g/mol. The van der Waals surface area contributed by atoms with Crippen LogP contribution in [0, 0.1) is 0 Å². The number of anilines is 2. The van der Waals surface area contributed by atoms with Crippen LogP contribution in [-0.4, -0.2) is 52.4 Å². The molecule has 1 unspecified atom stereocenters. The maximum Gasteiger partial charge on any atom is 0.416 e. The minimum Gasteiger partial charge on any atom is -0.491 e. The molecule has 1 fully saturated rings. The lowest BCUT2D eigenvalue weighted by molar-refractivity contribution is 0.104. The third-order valence-corrected chi connectivity index (χ3v) is 5.18. The zero-order chi connectivity index (χ0) is 20.7. The van der Waals surface area contributed by atoms with Crippen molar-refractivity contribution in [3.05, 3.63) is 24.4 Å². The Kier molecular flexibility index (Phi) is 4.99. The van der Waals surface area contributed by atoms with Gasteiger partial charge in [-0.25, -0.2) is 23.5 Å². The fourth-order valence-corrected chi connectivity index (χ4v) is 3.34. The van der Waals surface area contributed by atoms with Crippen LogP contribution in [-0.2, 0) is 11.3 Å². The quantitative estimate of drug-likeness (QED) is 0.714. The average Bonchev–Trinajstić information content (AvgIpc) is 3.21. The van der Waals surface area contributed by atoms with E-state index in [4.69, 9.17) is 27.4 Å². The Morgan fingerprint density at radius 1 is 1.41 bits per heavy atom. The summed E-state index contributed by atoms with van der Waals surface area (Å²) in [4.78, 5) is 17.7. The van der Waals surface area contributed by atoms with E-state index in [1.54, 1.807) is 16.8 Å². The van der Waals surface area contributed by atoms with Crippen molar-refractivity contribution in [3.8, 4) is 17.1 Å². The maximum absolute atomic E-state index is 13.3. The molecule has 0 radical (unpaired) electrons. The van der Waals surface area contributed by atoms with Gasteiger partial charge >= 0.3 is 6.09 Å². The summed E-state index contributed by atoms with van der Waals surface area (Å²) >= 11 is 4.98. The van der Waals surface area contributed by atoms with Crippen LogP contribution < -0.4 is 20.7 Å². The zero-order valence-electron chi connectivity index (χ0n) is 15.5. The minimum atomic E-state index is -2.73. The van der Waals surface area contributed by atoms with Crippen molar-refractivity contribution in [2.24, 2.45) is 5.73 Å². The predicted octanol–water partition coefficient (Wildman–Crippen LogP) is 2.62. The van der Waals surface area contributed by atoms with Crippen molar-refractivity contribution in [2.75, 3.05) is 23.4 Å². The number of hydrogen-bond donors (Lipinski definition) is 2. The Bertz CT molecular complexity index is 967. The highest BCUT2D eigenvalue weighted by Gasteiger charge is 2.42. The first-order chi connectivity index (χ1) is 13.8. The number of aromatic nitrogens is 2. The van der Waals surface area contributed by atoms with E-state index in [-0.39, 0.29) is 18.5 Å². The molecule has 11 heteroatoms. The van der Waals surface area contributed by atoms with Gasteiger partial charge in [-0.05, 0) is 19.1 Å². The van der Waals surface area contributed by atoms with Crippen molar-refractivity contribution in [2.45, 2.75) is 32.0 Å². The lowest BCUT2D eigenvalue weighted by Crippen LogP contribution is -2.38. The summed E-state index contributed by atoms with van der Waals surface area (Å²) in [6.45, 7) is 2.29. The number of nitrogens with one attached hydrogen (secondary N) is 1. The van der Waals surface area contributed by atoms with Crippen molar-refractivity contribution in [1.82, 2.24) is 9.55 Å². The number of benzene rings is 1. The second kappa shape index (κ2) is 7.47. The molecule has 1 saturated heterocycles. The molecule has 1 aromatic carbocycles. The van der Waals surface area contributed by atoms with Crippen LogP contribution >= 0.6 is 12.2 Å². The number of thiocarbonyl (C=S) groups is 1. The van der Waals surface area contributed by atoms with E-state index in [2.05, 4.69) is 10.3 Å². The summed E-state index contributed by atoms with van der Waals surface area (Å²) in [5, 5.41) is 3.18. The van der Waals surface area contributed by atoms with Gasteiger partial charge in [0.05, 0.1) is 23.1 Å². The molecule has 2 aromatic rings. The molecule has 2 atom stereocenters. The first kappa shape index (κ1) is 19.4. The topological polar surface area (TPSA) is 94.6 Å². The van der Waals surface area contributed by atoms with Crippen LogP contribution in [0.15, 0.2) is 24.4 Å². The second-order valence-corrected chi connectivity index (χ2v) is 7.26. The van der Waals surface area contributed by atoms with Gasteiger partial charge in [0.1, 0.15) is 30.8 Å². The van der Waals surface area contributed by atoms with Crippen LogP contribution in [0.3, 0.4) is 0 Å². The van der Waals surface area contributed by atoms with Crippen LogP contribution in [0.25, 0.3) is 11.4 Å². The minimum absolute atomic E-state index is 0.130. The van der Waals surface area contributed by atoms with Gasteiger partial charge in [-0.2, -0.15) is 0 Å². The van der Waals surface area contributed by atoms with Gasteiger partial charge in [0.2, 0.25) is 0 Å². The van der Waals surface area contributed by atoms with Gasteiger partial charge < -0.3 is 25.1 Å². The molecule has 8 nitrogen and oxygen atoms in total. The normalized spacial score (nSPS) is 19.1. The molecule has 1 aromatic heterocycles. The standard InChI is InChI=1S/C18H19F2N5O3S/c1-9(16(21)29)22-10-2-3-11-13(6-10)27-5-4-24-7-14(23-17(11)24)25-12(15(19)20)8-28-18(25)26/h2-3,6-7,9,12,15,22H,4-5,8H2,1H3,(H2,21,29)/t9?,12-/m0/s1. The molecule has 0 bridgehead atoms. The summed E-state index contributed by atoms with van der Waals surface area (Å²) in [5.74, 6) is 1.23. The first-order valence-electron chi connectivity index (χ1n) is 8.99. The molecular formula is C18H19F2N5O3S. The van der Waals surface area contributed by atoms with E-state index in [1.165, 1.54) is 0 Å². The van der Waals surface area contributed by atoms with E-state index in [0.29, 0.717) is 35.3 Å². The van der Waals surface area contributed by atoms with Crippen molar-refractivity contribution in [3.63, 3.8) is 0 Å². The van der Waals surface area contributed by atoms with Crippen molar-refractivity contribution in [1.29, 1.82) is 0 Å². The van der Waals surface area contributed by atoms with Crippen LogP contribution in [0.2, 0.25) is 0 Å². The molecule has 4 rings (SSSR count). The fraction of sp³-hybridized carbons (Fsp3) is 0.389. The van der Waals surface area contributed by atoms with Crippen LogP contribution in [0.5, 0.6) is 5.75 Å². The highest BCUT2D eigenvalue weighted by atomic mass is 32.1. The summed E-state index contributed by atoms with van der Waals surface area (Å²) in [6, 6.07) is 3.89. The Morgan fingerprint density at radius 2 is 2.21 bits per heavy atom. The van der Waals surface area contributed by atoms with Crippen molar-refractivity contribution < 1.29 is 23.0 Å². The largest absolute Gasteiger partial charge is 0.491 e. The molecular weight excluding hydrogens is 404 g/mol. The summed E-state index contributed by atoms with van der Waals surface area (Å²) < 4.78 is 39.0. The van der Waals surface area contributed by atoms with Gasteiger partial charge in [-0.15, -0.1) is 0 Å². The maximum atomic E-state index is 13.3. The number of carbonyl (C=O) groups is 1. The van der Waals surface area contributed by atoms with Gasteiger partial charge in [-0.3, -0.25) is 0 Å². The number of halogens is 2. The Morgan fingerprint density at radius 3 is 2.93 bits per heavy atom. The second-order valence-electron chi connectivity index (χ2n) is 6.79. The van der Waals surface area contributed by atoms with E-state index >= 15 is 0 Å². The molecule has 0 spiro atoms. The molecule has 3 N–H and O–H groups in total. The molecule has 2 aliphatic rings. The lowest BCUT2D eigenvalue weighted by atomic mass is 10.1. The Labute approximate surface area is 170 Å². The fourth-order valence-electron chi connectivity index (χ4n) is 3.28. The number of nitrogens with two attached hydrogens (primary N) is 1. The Balaban J connectivity index is 1.68. The van der Waals surface area contributed by atoms with Gasteiger partial charge in [0.15, 0.2) is 5.82 Å². The highest BCUT2D eigenvalue weighted by Crippen LogP contribution is 2.36. The number of nitrogens with zero attached hydrogens (tertiary/aromatic N) is 3. The molecule has 2 aliphatic heterocycles. The average molecular weight is 423 g/mol. The van der Waals surface area contributed by atoms with Crippen LogP contribution in [0.1, 0.15) is 6.92 Å². The van der Waals surface area contributed by atoms with Crippen molar-refractivity contribution >= 4 is 34.8 Å². The number of carbonyl (C=O) groups excluding carboxylic acids is 1. The van der Waals surface area contributed by atoms with E-state index in [9.17, 15) is 13.6 Å². The number of imidazole rings is 1. The van der Waals surface area contributed by atoms with Gasteiger partial charge in [-0.1, -0.05) is 12.2 Å². The van der Waals surface area contributed by atoms with Gasteiger partial charge in [0.25, 0.3) is 6.43 Å². The summed E-state index contributed by atoms with van der Waals surface area (Å²) in [5.41, 5.74) is 7.10. The molecule has 29 heavy (non-hydrogen) atoms. The number of ether oxygens (including phenoxy) is 2. The first-order valence-corrected chi connectivity index (χ1v) is 9.40. The number of alkyl halides is 2. The van der Waals surface area contributed by atoms with Crippen LogP contribution in [0.4, 0.5) is 25.1 Å². The molecule has 0 aliphatic carbocycles. The Hall–Kier alpha value is -2.95.